The summed E-state index contributed by atoms with van der Waals surface area (Å²) in [4.78, 5) is 14.1. The summed E-state index contributed by atoms with van der Waals surface area (Å²) in [5, 5.41) is 5.98. The van der Waals surface area contributed by atoms with Gasteiger partial charge in [-0.3, -0.25) is 10.1 Å². The predicted octanol–water partition coefficient (Wildman–Crippen LogP) is 1.57. The number of nitrogens with zero attached hydrogens (tertiary/aromatic N) is 3. The minimum atomic E-state index is -1.51. The van der Waals surface area contributed by atoms with Crippen molar-refractivity contribution >= 4 is 5.91 Å². The van der Waals surface area contributed by atoms with Gasteiger partial charge in [0.1, 0.15) is 17.2 Å². The van der Waals surface area contributed by atoms with Gasteiger partial charge >= 0.3 is 0 Å². The number of halogens is 2. The first kappa shape index (κ1) is 14.9. The Morgan fingerprint density at radius 1 is 1.58 bits per heavy atom. The number of primary amides is 1. The van der Waals surface area contributed by atoms with Crippen molar-refractivity contribution < 1.29 is 13.6 Å². The van der Waals surface area contributed by atoms with Crippen LogP contribution in [-0.2, 0) is 10.3 Å². The number of nitrogens with one attached hydrogen (secondary N) is 1. The van der Waals surface area contributed by atoms with E-state index in [4.69, 9.17) is 11.3 Å². The molecule has 0 fully saturated rings. The van der Waals surface area contributed by atoms with Gasteiger partial charge in [-0.25, -0.2) is 8.78 Å². The average Bonchev–Trinajstić information content (AvgIpc) is 2.34. The molecular weight excluding hydrogens is 256 g/mol. The number of amides is 1. The predicted molar refractivity (Wildman–Crippen MR) is 64.9 cm³/mol. The van der Waals surface area contributed by atoms with Crippen molar-refractivity contribution in [2.45, 2.75) is 12.5 Å². The molecule has 6 nitrogen and oxygen atoms in total. The lowest BCUT2D eigenvalue weighted by molar-refractivity contribution is -0.124. The third kappa shape index (κ3) is 3.40. The standard InChI is InChI=1S/C11H13F2N5O/c1-11(10(14)19,16-4-5-17-18-15)8-3-2-7(12)6-9(8)13/h2-3,6,16H,4-5H2,1H3,(H2,14,19). The highest BCUT2D eigenvalue weighted by atomic mass is 19.1. The zero-order chi connectivity index (χ0) is 14.5. The molecule has 0 saturated heterocycles. The van der Waals surface area contributed by atoms with Gasteiger partial charge in [0.2, 0.25) is 5.91 Å². The second-order valence-electron chi connectivity index (χ2n) is 3.99. The van der Waals surface area contributed by atoms with Crippen molar-refractivity contribution in [1.82, 2.24) is 5.32 Å². The van der Waals surface area contributed by atoms with Gasteiger partial charge in [0.15, 0.2) is 0 Å². The van der Waals surface area contributed by atoms with Crippen molar-refractivity contribution in [3.63, 3.8) is 0 Å². The maximum atomic E-state index is 13.7. The molecule has 1 aromatic rings. The van der Waals surface area contributed by atoms with Crippen LogP contribution in [0.4, 0.5) is 8.78 Å². The van der Waals surface area contributed by atoms with Crippen molar-refractivity contribution in [2.75, 3.05) is 13.1 Å². The maximum Gasteiger partial charge on any atom is 0.242 e. The molecule has 0 radical (unpaired) electrons. The summed E-state index contributed by atoms with van der Waals surface area (Å²) in [5.41, 5.74) is 11.8. The van der Waals surface area contributed by atoms with Gasteiger partial charge in [-0.05, 0) is 18.5 Å². The molecule has 0 saturated carbocycles. The van der Waals surface area contributed by atoms with E-state index in [1.165, 1.54) is 6.92 Å². The molecule has 1 rings (SSSR count). The zero-order valence-corrected chi connectivity index (χ0v) is 10.2. The Morgan fingerprint density at radius 3 is 2.79 bits per heavy atom. The number of azide groups is 1. The number of benzene rings is 1. The van der Waals surface area contributed by atoms with Crippen LogP contribution < -0.4 is 11.1 Å². The second-order valence-corrected chi connectivity index (χ2v) is 3.99. The summed E-state index contributed by atoms with van der Waals surface area (Å²) in [5.74, 6) is -2.45. The largest absolute Gasteiger partial charge is 0.368 e. The van der Waals surface area contributed by atoms with E-state index in [2.05, 4.69) is 15.3 Å². The van der Waals surface area contributed by atoms with Gasteiger partial charge in [-0.2, -0.15) is 0 Å². The third-order valence-electron chi connectivity index (χ3n) is 2.72. The fourth-order valence-electron chi connectivity index (χ4n) is 1.61. The summed E-state index contributed by atoms with van der Waals surface area (Å²) >= 11 is 0. The molecule has 102 valence electrons. The molecule has 1 unspecified atom stereocenters. The van der Waals surface area contributed by atoms with E-state index in [9.17, 15) is 13.6 Å². The molecule has 0 aromatic heterocycles. The van der Waals surface area contributed by atoms with Crippen LogP contribution in [0, 0.1) is 11.6 Å². The van der Waals surface area contributed by atoms with E-state index in [0.717, 1.165) is 12.1 Å². The van der Waals surface area contributed by atoms with E-state index in [1.807, 2.05) is 0 Å². The normalized spacial score (nSPS) is 13.4. The Hall–Kier alpha value is -2.18. The summed E-state index contributed by atoms with van der Waals surface area (Å²) in [6.07, 6.45) is 0. The molecule has 1 atom stereocenters. The van der Waals surface area contributed by atoms with E-state index < -0.39 is 23.1 Å². The highest BCUT2D eigenvalue weighted by Crippen LogP contribution is 2.24. The second kappa shape index (κ2) is 6.12. The number of rotatable bonds is 6. The Balaban J connectivity index is 3.04. The molecule has 19 heavy (non-hydrogen) atoms. The Morgan fingerprint density at radius 2 is 2.26 bits per heavy atom. The molecular formula is C11H13F2N5O. The fourth-order valence-corrected chi connectivity index (χ4v) is 1.61. The average molecular weight is 269 g/mol. The van der Waals surface area contributed by atoms with Gasteiger partial charge in [0.25, 0.3) is 0 Å². The van der Waals surface area contributed by atoms with Crippen molar-refractivity contribution in [2.24, 2.45) is 10.8 Å². The quantitative estimate of drug-likeness (QED) is 0.354. The van der Waals surface area contributed by atoms with Crippen molar-refractivity contribution in [1.29, 1.82) is 0 Å². The molecule has 0 bridgehead atoms. The van der Waals surface area contributed by atoms with Crippen LogP contribution in [0.25, 0.3) is 10.4 Å². The van der Waals surface area contributed by atoms with Crippen LogP contribution in [0.2, 0.25) is 0 Å². The molecule has 0 heterocycles. The van der Waals surface area contributed by atoms with Gasteiger partial charge in [0, 0.05) is 29.6 Å². The van der Waals surface area contributed by atoms with E-state index in [0.29, 0.717) is 6.07 Å². The summed E-state index contributed by atoms with van der Waals surface area (Å²) in [6, 6.07) is 2.86. The highest BCUT2D eigenvalue weighted by molar-refractivity contribution is 5.85. The third-order valence-corrected chi connectivity index (χ3v) is 2.72. The van der Waals surface area contributed by atoms with Gasteiger partial charge in [-0.15, -0.1) is 0 Å². The molecule has 1 aromatic carbocycles. The SMILES string of the molecule is CC(NCCN=[N+]=[N-])(C(N)=O)c1ccc(F)cc1F. The number of hydrogen-bond acceptors (Lipinski definition) is 3. The smallest absolute Gasteiger partial charge is 0.242 e. The minimum Gasteiger partial charge on any atom is -0.368 e. The molecule has 8 heteroatoms. The van der Waals surface area contributed by atoms with E-state index in [-0.39, 0.29) is 18.7 Å². The number of carbonyl (C=O) groups is 1. The maximum absolute atomic E-state index is 13.7. The molecule has 0 aliphatic carbocycles. The topological polar surface area (TPSA) is 104 Å². The van der Waals surface area contributed by atoms with E-state index in [1.54, 1.807) is 0 Å². The lowest BCUT2D eigenvalue weighted by Crippen LogP contribution is -2.51. The summed E-state index contributed by atoms with van der Waals surface area (Å²) in [6.45, 7) is 1.57. The van der Waals surface area contributed by atoms with Crippen LogP contribution in [0.1, 0.15) is 12.5 Å². The minimum absolute atomic E-state index is 0.0673. The van der Waals surface area contributed by atoms with Crippen LogP contribution >= 0.6 is 0 Å². The van der Waals surface area contributed by atoms with Gasteiger partial charge in [-0.1, -0.05) is 11.2 Å². The number of hydrogen-bond donors (Lipinski definition) is 2. The van der Waals surface area contributed by atoms with Crippen molar-refractivity contribution in [3.05, 3.63) is 45.8 Å². The summed E-state index contributed by atoms with van der Waals surface area (Å²) < 4.78 is 26.6. The first-order valence-corrected chi connectivity index (χ1v) is 5.43. The first-order chi connectivity index (χ1) is 8.91. The number of nitrogens with two attached hydrogens (primary N) is 1. The van der Waals surface area contributed by atoms with Gasteiger partial charge < -0.3 is 5.73 Å². The van der Waals surface area contributed by atoms with Crippen LogP contribution in [0.3, 0.4) is 0 Å². The molecule has 1 amide bonds. The van der Waals surface area contributed by atoms with Crippen LogP contribution in [0.5, 0.6) is 0 Å². The molecule has 3 N–H and O–H groups in total. The Labute approximate surface area is 108 Å². The summed E-state index contributed by atoms with van der Waals surface area (Å²) in [7, 11) is 0. The lowest BCUT2D eigenvalue weighted by atomic mass is 9.90. The monoisotopic (exact) mass is 269 g/mol. The van der Waals surface area contributed by atoms with Crippen molar-refractivity contribution in [3.8, 4) is 0 Å². The van der Waals surface area contributed by atoms with E-state index >= 15 is 0 Å². The number of carbonyl (C=O) groups excluding carboxylic acids is 1. The highest BCUT2D eigenvalue weighted by Gasteiger charge is 2.35. The fraction of sp³-hybridized carbons (Fsp3) is 0.364. The Kier molecular flexibility index (Phi) is 4.80. The lowest BCUT2D eigenvalue weighted by Gasteiger charge is -2.28. The zero-order valence-electron chi connectivity index (χ0n) is 10.2. The first-order valence-electron chi connectivity index (χ1n) is 5.43. The Bertz CT molecular complexity index is 530. The van der Waals surface area contributed by atoms with Crippen LogP contribution in [-0.4, -0.2) is 19.0 Å². The molecule has 0 aliphatic heterocycles. The van der Waals surface area contributed by atoms with Crippen LogP contribution in [0.15, 0.2) is 23.3 Å². The molecule has 0 spiro atoms. The van der Waals surface area contributed by atoms with Gasteiger partial charge in [0.05, 0.1) is 0 Å². The molecule has 0 aliphatic rings.